The molecule has 0 spiro atoms. The highest BCUT2D eigenvalue weighted by molar-refractivity contribution is 5.82. The van der Waals surface area contributed by atoms with Crippen molar-refractivity contribution in [3.05, 3.63) is 42.2 Å². The van der Waals surface area contributed by atoms with Gasteiger partial charge >= 0.3 is 12.1 Å². The van der Waals surface area contributed by atoms with Crippen LogP contribution in [0.15, 0.2) is 36.4 Å². The van der Waals surface area contributed by atoms with Crippen LogP contribution in [0, 0.1) is 5.82 Å². The predicted molar refractivity (Wildman–Crippen MR) is 82.3 cm³/mol. The number of carbonyl (C=O) groups excluding carboxylic acids is 1. The SMILES string of the molecule is O=C(N1CCN(c2ccc(-c3ccc(F)cc3)nn2)CC1)C(F)(F)F. The quantitative estimate of drug-likeness (QED) is 0.778. The Labute approximate surface area is 140 Å². The van der Waals surface area contributed by atoms with Crippen LogP contribution in [0.5, 0.6) is 0 Å². The van der Waals surface area contributed by atoms with Gasteiger partial charge in [0.15, 0.2) is 5.82 Å². The Morgan fingerprint density at radius 3 is 2.08 bits per heavy atom. The maximum absolute atomic E-state index is 12.9. The molecule has 1 aliphatic heterocycles. The molecule has 0 aliphatic carbocycles. The lowest BCUT2D eigenvalue weighted by molar-refractivity contribution is -0.185. The molecule has 9 heteroatoms. The van der Waals surface area contributed by atoms with Gasteiger partial charge in [0.2, 0.25) is 0 Å². The van der Waals surface area contributed by atoms with E-state index in [0.29, 0.717) is 17.1 Å². The van der Waals surface area contributed by atoms with E-state index in [4.69, 9.17) is 0 Å². The zero-order chi connectivity index (χ0) is 18.0. The molecule has 0 saturated carbocycles. The number of halogens is 4. The lowest BCUT2D eigenvalue weighted by Gasteiger charge is -2.35. The van der Waals surface area contributed by atoms with E-state index < -0.39 is 12.1 Å². The van der Waals surface area contributed by atoms with Gasteiger partial charge in [-0.05, 0) is 36.4 Å². The summed E-state index contributed by atoms with van der Waals surface area (Å²) in [6.45, 7) is 0.429. The van der Waals surface area contributed by atoms with Crippen LogP contribution in [0.1, 0.15) is 0 Å². The first-order valence-electron chi connectivity index (χ1n) is 7.55. The highest BCUT2D eigenvalue weighted by atomic mass is 19.4. The van der Waals surface area contributed by atoms with Crippen molar-refractivity contribution in [3.8, 4) is 11.3 Å². The largest absolute Gasteiger partial charge is 0.471 e. The third kappa shape index (κ3) is 3.86. The number of piperazine rings is 1. The average molecular weight is 354 g/mol. The lowest BCUT2D eigenvalue weighted by atomic mass is 10.1. The van der Waals surface area contributed by atoms with Gasteiger partial charge in [-0.15, -0.1) is 10.2 Å². The fourth-order valence-corrected chi connectivity index (χ4v) is 2.59. The van der Waals surface area contributed by atoms with Crippen molar-refractivity contribution in [2.24, 2.45) is 0 Å². The molecule has 0 N–H and O–H groups in total. The number of anilines is 1. The number of alkyl halides is 3. The second-order valence-corrected chi connectivity index (χ2v) is 5.56. The lowest BCUT2D eigenvalue weighted by Crippen LogP contribution is -2.52. The number of benzene rings is 1. The third-order valence-corrected chi connectivity index (χ3v) is 3.92. The van der Waals surface area contributed by atoms with Gasteiger partial charge in [0.25, 0.3) is 0 Å². The summed E-state index contributed by atoms with van der Waals surface area (Å²) in [4.78, 5) is 13.8. The Morgan fingerprint density at radius 1 is 0.920 bits per heavy atom. The number of hydrogen-bond acceptors (Lipinski definition) is 4. The zero-order valence-electron chi connectivity index (χ0n) is 13.0. The summed E-state index contributed by atoms with van der Waals surface area (Å²) in [5.41, 5.74) is 1.27. The van der Waals surface area contributed by atoms with Crippen LogP contribution in [-0.4, -0.2) is 53.4 Å². The molecule has 1 aliphatic rings. The fraction of sp³-hybridized carbons (Fsp3) is 0.312. The van der Waals surface area contributed by atoms with Crippen LogP contribution in [0.2, 0.25) is 0 Å². The molecule has 2 aromatic rings. The van der Waals surface area contributed by atoms with Crippen LogP contribution >= 0.6 is 0 Å². The highest BCUT2D eigenvalue weighted by Gasteiger charge is 2.43. The van der Waals surface area contributed by atoms with E-state index in [1.54, 1.807) is 29.2 Å². The highest BCUT2D eigenvalue weighted by Crippen LogP contribution is 2.22. The van der Waals surface area contributed by atoms with Gasteiger partial charge in [-0.3, -0.25) is 4.79 Å². The second kappa shape index (κ2) is 6.66. The Bertz CT molecular complexity index is 738. The second-order valence-electron chi connectivity index (χ2n) is 5.56. The van der Waals surface area contributed by atoms with Crippen LogP contribution in [0.4, 0.5) is 23.4 Å². The van der Waals surface area contributed by atoms with Crippen molar-refractivity contribution in [1.82, 2.24) is 15.1 Å². The van der Waals surface area contributed by atoms with E-state index in [2.05, 4.69) is 10.2 Å². The van der Waals surface area contributed by atoms with Crippen LogP contribution < -0.4 is 4.90 Å². The molecule has 0 bridgehead atoms. The fourth-order valence-electron chi connectivity index (χ4n) is 2.59. The van der Waals surface area contributed by atoms with Crippen molar-refractivity contribution in [2.75, 3.05) is 31.1 Å². The first kappa shape index (κ1) is 17.1. The third-order valence-electron chi connectivity index (χ3n) is 3.92. The normalized spacial score (nSPS) is 15.4. The number of nitrogens with zero attached hydrogens (tertiary/aromatic N) is 4. The number of amides is 1. The molecule has 1 amide bonds. The van der Waals surface area contributed by atoms with E-state index in [1.807, 2.05) is 0 Å². The summed E-state index contributed by atoms with van der Waals surface area (Å²) in [5, 5.41) is 8.15. The summed E-state index contributed by atoms with van der Waals surface area (Å²) in [7, 11) is 0. The van der Waals surface area contributed by atoms with E-state index in [1.165, 1.54) is 12.1 Å². The van der Waals surface area contributed by atoms with Crippen molar-refractivity contribution in [2.45, 2.75) is 6.18 Å². The molecule has 1 aromatic heterocycles. The van der Waals surface area contributed by atoms with Crippen molar-refractivity contribution >= 4 is 11.7 Å². The topological polar surface area (TPSA) is 49.3 Å². The summed E-state index contributed by atoms with van der Waals surface area (Å²) in [6.07, 6.45) is -4.85. The molecule has 1 aromatic carbocycles. The standard InChI is InChI=1S/C16H14F4N4O/c17-12-3-1-11(2-4-12)13-5-6-14(22-21-13)23-7-9-24(10-8-23)15(25)16(18,19)20/h1-6H,7-10H2. The van der Waals surface area contributed by atoms with E-state index in [9.17, 15) is 22.4 Å². The van der Waals surface area contributed by atoms with Gasteiger partial charge in [-0.1, -0.05) is 0 Å². The first-order valence-corrected chi connectivity index (χ1v) is 7.55. The minimum atomic E-state index is -4.85. The molecule has 132 valence electrons. The van der Waals surface area contributed by atoms with Crippen molar-refractivity contribution in [3.63, 3.8) is 0 Å². The molecular weight excluding hydrogens is 340 g/mol. The molecule has 5 nitrogen and oxygen atoms in total. The van der Waals surface area contributed by atoms with E-state index >= 15 is 0 Å². The minimum Gasteiger partial charge on any atom is -0.352 e. The minimum absolute atomic E-state index is 0.0280. The molecule has 3 rings (SSSR count). The van der Waals surface area contributed by atoms with Gasteiger partial charge in [-0.2, -0.15) is 13.2 Å². The summed E-state index contributed by atoms with van der Waals surface area (Å²) in [5.74, 6) is -1.64. The first-order chi connectivity index (χ1) is 11.8. The molecule has 2 heterocycles. The predicted octanol–water partition coefficient (Wildman–Crippen LogP) is 2.49. The summed E-state index contributed by atoms with van der Waals surface area (Å²) < 4.78 is 50.2. The van der Waals surface area contributed by atoms with Crippen LogP contribution in [0.25, 0.3) is 11.3 Å². The Hall–Kier alpha value is -2.71. The van der Waals surface area contributed by atoms with E-state index in [0.717, 1.165) is 4.90 Å². The Morgan fingerprint density at radius 2 is 1.56 bits per heavy atom. The van der Waals surface area contributed by atoms with Crippen molar-refractivity contribution < 1.29 is 22.4 Å². The molecule has 0 atom stereocenters. The Balaban J connectivity index is 1.64. The maximum atomic E-state index is 12.9. The van der Waals surface area contributed by atoms with Crippen molar-refractivity contribution in [1.29, 1.82) is 0 Å². The number of rotatable bonds is 2. The Kier molecular flexibility index (Phi) is 4.56. The van der Waals surface area contributed by atoms with Crippen LogP contribution in [-0.2, 0) is 4.79 Å². The summed E-state index contributed by atoms with van der Waals surface area (Å²) in [6, 6.07) is 9.22. The van der Waals surface area contributed by atoms with Gasteiger partial charge in [0, 0.05) is 31.7 Å². The molecule has 25 heavy (non-hydrogen) atoms. The number of aromatic nitrogens is 2. The number of hydrogen-bond donors (Lipinski definition) is 0. The van der Waals surface area contributed by atoms with Crippen LogP contribution in [0.3, 0.4) is 0 Å². The van der Waals surface area contributed by atoms with Gasteiger partial charge in [-0.25, -0.2) is 4.39 Å². The van der Waals surface area contributed by atoms with E-state index in [-0.39, 0.29) is 32.0 Å². The smallest absolute Gasteiger partial charge is 0.352 e. The zero-order valence-corrected chi connectivity index (χ0v) is 13.0. The maximum Gasteiger partial charge on any atom is 0.471 e. The molecule has 1 fully saturated rings. The molecular formula is C16H14F4N4O. The summed E-state index contributed by atoms with van der Waals surface area (Å²) >= 11 is 0. The monoisotopic (exact) mass is 354 g/mol. The molecule has 0 radical (unpaired) electrons. The molecule has 1 saturated heterocycles. The number of carbonyl (C=O) groups is 1. The average Bonchev–Trinajstić information content (AvgIpc) is 2.61. The van der Waals surface area contributed by atoms with Gasteiger partial charge < -0.3 is 9.80 Å². The van der Waals surface area contributed by atoms with Gasteiger partial charge in [0.05, 0.1) is 5.69 Å². The molecule has 0 unspecified atom stereocenters. The van der Waals surface area contributed by atoms with Gasteiger partial charge in [0.1, 0.15) is 5.82 Å².